The van der Waals surface area contributed by atoms with Gasteiger partial charge in [-0.1, -0.05) is 0 Å². The molecule has 3 aromatic rings. The Balaban J connectivity index is 1.46. The summed E-state index contributed by atoms with van der Waals surface area (Å²) < 4.78 is 16.4. The van der Waals surface area contributed by atoms with Gasteiger partial charge in [0.15, 0.2) is 5.65 Å². The molecule has 0 aromatic carbocycles. The number of pyridine rings is 1. The Labute approximate surface area is 182 Å². The van der Waals surface area contributed by atoms with Crippen molar-refractivity contribution >= 4 is 28.9 Å². The molecule has 32 heavy (non-hydrogen) atoms. The van der Waals surface area contributed by atoms with Crippen molar-refractivity contribution in [1.29, 1.82) is 0 Å². The molecule has 0 unspecified atom stereocenters. The Morgan fingerprint density at radius 3 is 2.81 bits per heavy atom. The van der Waals surface area contributed by atoms with Crippen LogP contribution in [0.25, 0.3) is 5.65 Å². The molecule has 11 heteroatoms. The summed E-state index contributed by atoms with van der Waals surface area (Å²) in [5.74, 6) is 0.584. The lowest BCUT2D eigenvalue weighted by atomic mass is 10.2. The van der Waals surface area contributed by atoms with E-state index in [1.807, 2.05) is 0 Å². The fourth-order valence-corrected chi connectivity index (χ4v) is 4.16. The van der Waals surface area contributed by atoms with Gasteiger partial charge < -0.3 is 25.6 Å². The second-order valence-electron chi connectivity index (χ2n) is 8.29. The zero-order valence-electron chi connectivity index (χ0n) is 17.5. The maximum absolute atomic E-state index is 13.5. The van der Waals surface area contributed by atoms with Crippen LogP contribution in [0.4, 0.5) is 21.7 Å². The van der Waals surface area contributed by atoms with Crippen LogP contribution in [0.15, 0.2) is 35.4 Å². The quantitative estimate of drug-likeness (QED) is 0.458. The molecule has 2 fully saturated rings. The Bertz CT molecular complexity index is 1240. The van der Waals surface area contributed by atoms with Crippen LogP contribution in [-0.4, -0.2) is 55.5 Å². The van der Waals surface area contributed by atoms with Crippen molar-refractivity contribution in [1.82, 2.24) is 24.5 Å². The van der Waals surface area contributed by atoms with Gasteiger partial charge in [-0.05, 0) is 31.4 Å². The minimum Gasteiger partial charge on any atom is -0.393 e. The van der Waals surface area contributed by atoms with Crippen LogP contribution in [-0.2, 0) is 0 Å². The molecule has 0 bridgehead atoms. The first-order valence-electron chi connectivity index (χ1n) is 10.6. The Morgan fingerprint density at radius 2 is 2.12 bits per heavy atom. The van der Waals surface area contributed by atoms with Crippen LogP contribution in [0.3, 0.4) is 0 Å². The zero-order chi connectivity index (χ0) is 22.4. The first kappa shape index (κ1) is 20.4. The third-order valence-electron chi connectivity index (χ3n) is 5.99. The second kappa shape index (κ2) is 7.90. The first-order valence-corrected chi connectivity index (χ1v) is 10.6. The van der Waals surface area contributed by atoms with E-state index in [9.17, 15) is 19.1 Å². The van der Waals surface area contributed by atoms with E-state index >= 15 is 0 Å². The van der Waals surface area contributed by atoms with Gasteiger partial charge in [-0.15, -0.1) is 0 Å². The van der Waals surface area contributed by atoms with Gasteiger partial charge in [0.1, 0.15) is 29.1 Å². The van der Waals surface area contributed by atoms with Crippen molar-refractivity contribution < 1.29 is 14.3 Å². The van der Waals surface area contributed by atoms with E-state index in [-0.39, 0.29) is 28.8 Å². The number of carbonyl (C=O) groups is 1. The molecule has 10 nitrogen and oxygen atoms in total. The smallest absolute Gasteiger partial charge is 0.274 e. The highest BCUT2D eigenvalue weighted by molar-refractivity contribution is 6.00. The molecule has 3 aromatic heterocycles. The molecule has 0 spiro atoms. The molecule has 3 heterocycles. The van der Waals surface area contributed by atoms with Gasteiger partial charge in [0, 0.05) is 31.8 Å². The van der Waals surface area contributed by atoms with Gasteiger partial charge in [0.05, 0.1) is 18.3 Å². The number of nitrogens with one attached hydrogen (secondary N) is 3. The molecule has 0 saturated heterocycles. The van der Waals surface area contributed by atoms with Crippen LogP contribution in [0.1, 0.15) is 42.1 Å². The highest BCUT2D eigenvalue weighted by Gasteiger charge is 2.39. The Kier molecular flexibility index (Phi) is 5.04. The van der Waals surface area contributed by atoms with Gasteiger partial charge in [-0.3, -0.25) is 9.59 Å². The Morgan fingerprint density at radius 1 is 1.31 bits per heavy atom. The fraction of sp³-hybridized carbons (Fsp3) is 0.429. The van der Waals surface area contributed by atoms with Gasteiger partial charge in [-0.2, -0.15) is 9.61 Å². The van der Waals surface area contributed by atoms with E-state index in [1.54, 1.807) is 31.4 Å². The van der Waals surface area contributed by atoms with E-state index in [0.29, 0.717) is 36.5 Å². The van der Waals surface area contributed by atoms with Crippen molar-refractivity contribution in [2.75, 3.05) is 17.7 Å². The van der Waals surface area contributed by atoms with E-state index in [0.717, 1.165) is 6.42 Å². The average Bonchev–Trinajstić information content (AvgIpc) is 3.14. The summed E-state index contributed by atoms with van der Waals surface area (Å²) in [7, 11) is 1.71. The van der Waals surface area contributed by atoms with Crippen molar-refractivity contribution in [3.63, 3.8) is 0 Å². The number of rotatable bonds is 6. The van der Waals surface area contributed by atoms with E-state index in [4.69, 9.17) is 0 Å². The number of anilines is 3. The average molecular weight is 441 g/mol. The molecule has 168 valence electrons. The lowest BCUT2D eigenvalue weighted by molar-refractivity contribution is 0.0935. The van der Waals surface area contributed by atoms with Crippen LogP contribution in [0, 0.1) is 0 Å². The number of aliphatic hydroxyl groups is 1. The second-order valence-corrected chi connectivity index (χ2v) is 8.29. The van der Waals surface area contributed by atoms with E-state index in [2.05, 4.69) is 26.0 Å². The number of halogens is 1. The molecule has 4 atom stereocenters. The maximum Gasteiger partial charge on any atom is 0.274 e. The first-order chi connectivity index (χ1) is 15.4. The molecule has 2 saturated carbocycles. The largest absolute Gasteiger partial charge is 0.393 e. The van der Waals surface area contributed by atoms with E-state index < -0.39 is 18.3 Å². The van der Waals surface area contributed by atoms with Gasteiger partial charge in [-0.25, -0.2) is 9.37 Å². The number of hydrogen-bond donors (Lipinski definition) is 4. The summed E-state index contributed by atoms with van der Waals surface area (Å²) in [6.07, 6.45) is 3.86. The van der Waals surface area contributed by atoms with Crippen molar-refractivity contribution in [2.24, 2.45) is 0 Å². The predicted octanol–water partition coefficient (Wildman–Crippen LogP) is 1.60. The number of nitrogens with zero attached hydrogens (tertiary/aromatic N) is 4. The topological polar surface area (TPSA) is 126 Å². The summed E-state index contributed by atoms with van der Waals surface area (Å²) in [4.78, 5) is 30.1. The monoisotopic (exact) mass is 441 g/mol. The molecule has 2 aliphatic carbocycles. The van der Waals surface area contributed by atoms with Crippen molar-refractivity contribution in [3.8, 4) is 0 Å². The number of aromatic nitrogens is 4. The summed E-state index contributed by atoms with van der Waals surface area (Å²) in [5, 5.41) is 22.9. The molecular weight excluding hydrogens is 417 g/mol. The summed E-state index contributed by atoms with van der Waals surface area (Å²) >= 11 is 0. The highest BCUT2D eigenvalue weighted by atomic mass is 19.1. The number of hydrogen-bond acceptors (Lipinski definition) is 7. The van der Waals surface area contributed by atoms with Crippen LogP contribution >= 0.6 is 0 Å². The van der Waals surface area contributed by atoms with Gasteiger partial charge >= 0.3 is 0 Å². The van der Waals surface area contributed by atoms with E-state index in [1.165, 1.54) is 15.3 Å². The SMILES string of the molecule is CNc1cc(Nc2cccn([C@@H]3C[C@H]3F)c2=O)nc2c(C(=O)N[C@@H]3CC[C@H](O)C3)cnn12. The number of aliphatic hydroxyl groups excluding tert-OH is 1. The Hall–Kier alpha value is -3.47. The van der Waals surface area contributed by atoms with Crippen LogP contribution in [0.5, 0.6) is 0 Å². The molecule has 5 rings (SSSR count). The van der Waals surface area contributed by atoms with Gasteiger partial charge in [0.2, 0.25) is 0 Å². The zero-order valence-corrected chi connectivity index (χ0v) is 17.5. The normalized spacial score (nSPS) is 24.5. The predicted molar refractivity (Wildman–Crippen MR) is 116 cm³/mol. The van der Waals surface area contributed by atoms with Crippen LogP contribution in [0.2, 0.25) is 0 Å². The van der Waals surface area contributed by atoms with Gasteiger partial charge in [0.25, 0.3) is 11.5 Å². The lowest BCUT2D eigenvalue weighted by Gasteiger charge is -2.13. The molecule has 2 aliphatic rings. The highest BCUT2D eigenvalue weighted by Crippen LogP contribution is 2.37. The molecule has 0 aliphatic heterocycles. The molecule has 1 amide bonds. The van der Waals surface area contributed by atoms with Crippen molar-refractivity contribution in [2.45, 2.75) is 50.0 Å². The summed E-state index contributed by atoms with van der Waals surface area (Å²) in [6.45, 7) is 0. The fourth-order valence-electron chi connectivity index (χ4n) is 4.16. The molecular formula is C21H24FN7O3. The number of amides is 1. The maximum atomic E-state index is 13.5. The number of carbonyl (C=O) groups excluding carboxylic acids is 1. The molecule has 4 N–H and O–H groups in total. The number of fused-ring (bicyclic) bond motifs is 1. The number of alkyl halides is 1. The minimum absolute atomic E-state index is 0.0953. The lowest BCUT2D eigenvalue weighted by Crippen LogP contribution is -2.33. The third kappa shape index (κ3) is 3.68. The molecule has 0 radical (unpaired) electrons. The standard InChI is InChI=1S/C21H24FN7O3/c1-23-18-9-17(26-15-3-2-6-28(21(15)32)16-8-14(16)22)27-19-13(10-24-29(18)19)20(31)25-11-4-5-12(30)7-11/h2-3,6,9-12,14,16,23,30H,4-5,7-8H2,1H3,(H,25,31)(H,26,27)/t11-,12+,14-,16-/m1/s1. The van der Waals surface area contributed by atoms with Crippen LogP contribution < -0.4 is 21.5 Å². The summed E-state index contributed by atoms with van der Waals surface area (Å²) in [6, 6.07) is 4.43. The third-order valence-corrected chi connectivity index (χ3v) is 5.99. The minimum atomic E-state index is -0.998. The summed E-state index contributed by atoms with van der Waals surface area (Å²) in [5.41, 5.74) is 0.528. The van der Waals surface area contributed by atoms with Crippen molar-refractivity contribution in [3.05, 3.63) is 46.5 Å².